The van der Waals surface area contributed by atoms with E-state index < -0.39 is 10.0 Å². The molecule has 24 heavy (non-hydrogen) atoms. The minimum absolute atomic E-state index is 0.0220. The van der Waals surface area contributed by atoms with Gasteiger partial charge in [-0.25, -0.2) is 8.42 Å². The molecule has 1 heterocycles. The van der Waals surface area contributed by atoms with Crippen molar-refractivity contribution >= 4 is 21.6 Å². The van der Waals surface area contributed by atoms with Crippen molar-refractivity contribution in [1.29, 1.82) is 0 Å². The SMILES string of the molecule is CS(=O)(=O)N(CCC(=O)N1CCCc2ccccc21)C1CCCC1. The molecule has 0 spiro atoms. The lowest BCUT2D eigenvalue weighted by molar-refractivity contribution is -0.118. The molecule has 0 unspecified atom stereocenters. The summed E-state index contributed by atoms with van der Waals surface area (Å²) in [7, 11) is -3.27. The fourth-order valence-corrected chi connectivity index (χ4v) is 5.12. The highest BCUT2D eigenvalue weighted by Gasteiger charge is 2.30. The predicted molar refractivity (Wildman–Crippen MR) is 95.5 cm³/mol. The Morgan fingerprint density at radius 1 is 1.21 bits per heavy atom. The third-order valence-corrected chi connectivity index (χ3v) is 6.45. The van der Waals surface area contributed by atoms with Gasteiger partial charge in [0.2, 0.25) is 15.9 Å². The summed E-state index contributed by atoms with van der Waals surface area (Å²) in [5.74, 6) is 0.0220. The maximum atomic E-state index is 12.7. The zero-order valence-corrected chi connectivity index (χ0v) is 15.1. The summed E-state index contributed by atoms with van der Waals surface area (Å²) in [6.45, 7) is 1.01. The Bertz CT molecular complexity index is 696. The summed E-state index contributed by atoms with van der Waals surface area (Å²) in [6, 6.07) is 8.07. The first-order valence-electron chi connectivity index (χ1n) is 8.82. The lowest BCUT2D eigenvalue weighted by atomic mass is 10.0. The highest BCUT2D eigenvalue weighted by Crippen LogP contribution is 2.28. The number of fused-ring (bicyclic) bond motifs is 1. The number of para-hydroxylation sites is 1. The van der Waals surface area contributed by atoms with Gasteiger partial charge < -0.3 is 4.90 Å². The molecule has 2 aliphatic rings. The van der Waals surface area contributed by atoms with E-state index >= 15 is 0 Å². The quantitative estimate of drug-likeness (QED) is 0.820. The highest BCUT2D eigenvalue weighted by molar-refractivity contribution is 7.88. The van der Waals surface area contributed by atoms with Crippen LogP contribution in [0.15, 0.2) is 24.3 Å². The molecule has 1 fully saturated rings. The maximum Gasteiger partial charge on any atom is 0.228 e. The van der Waals surface area contributed by atoms with Crippen LogP contribution in [0.5, 0.6) is 0 Å². The zero-order valence-electron chi connectivity index (χ0n) is 14.3. The van der Waals surface area contributed by atoms with E-state index in [4.69, 9.17) is 0 Å². The lowest BCUT2D eigenvalue weighted by Crippen LogP contribution is -2.42. The third-order valence-electron chi connectivity index (χ3n) is 5.12. The average Bonchev–Trinajstić information content (AvgIpc) is 3.07. The number of anilines is 1. The smallest absolute Gasteiger partial charge is 0.228 e. The number of hydrogen-bond donors (Lipinski definition) is 0. The van der Waals surface area contributed by atoms with Gasteiger partial charge in [-0.2, -0.15) is 4.31 Å². The van der Waals surface area contributed by atoms with Crippen LogP contribution in [0.2, 0.25) is 0 Å². The minimum Gasteiger partial charge on any atom is -0.312 e. The lowest BCUT2D eigenvalue weighted by Gasteiger charge is -2.31. The third kappa shape index (κ3) is 3.81. The minimum atomic E-state index is -3.27. The average molecular weight is 350 g/mol. The van der Waals surface area contributed by atoms with Crippen LogP contribution in [0.1, 0.15) is 44.1 Å². The van der Waals surface area contributed by atoms with Gasteiger partial charge in [0.05, 0.1) is 6.26 Å². The van der Waals surface area contributed by atoms with Crippen LogP contribution in [-0.4, -0.2) is 44.0 Å². The van der Waals surface area contributed by atoms with Crippen LogP contribution in [0, 0.1) is 0 Å². The van der Waals surface area contributed by atoms with E-state index in [0.29, 0.717) is 6.54 Å². The van der Waals surface area contributed by atoms with Gasteiger partial charge in [0.1, 0.15) is 0 Å². The molecule has 0 aromatic heterocycles. The zero-order chi connectivity index (χ0) is 17.2. The van der Waals surface area contributed by atoms with E-state index in [-0.39, 0.29) is 18.4 Å². The van der Waals surface area contributed by atoms with Crippen molar-refractivity contribution in [2.45, 2.75) is 51.0 Å². The first-order valence-corrected chi connectivity index (χ1v) is 10.7. The number of nitrogens with zero attached hydrogens (tertiary/aromatic N) is 2. The van der Waals surface area contributed by atoms with E-state index in [1.165, 1.54) is 11.8 Å². The normalized spacial score (nSPS) is 18.8. The van der Waals surface area contributed by atoms with Crippen molar-refractivity contribution in [2.24, 2.45) is 0 Å². The Morgan fingerprint density at radius 2 is 1.92 bits per heavy atom. The molecule has 1 aromatic carbocycles. The summed E-state index contributed by atoms with van der Waals surface area (Å²) < 4.78 is 25.8. The molecule has 1 saturated carbocycles. The molecule has 3 rings (SSSR count). The van der Waals surface area contributed by atoms with Crippen molar-refractivity contribution in [3.05, 3.63) is 29.8 Å². The standard InChI is InChI=1S/C18H26N2O3S/c1-24(22,23)20(16-9-3-4-10-16)14-12-18(21)19-13-6-8-15-7-2-5-11-17(15)19/h2,5,7,11,16H,3-4,6,8-10,12-14H2,1H3. The number of carbonyl (C=O) groups is 1. The molecule has 0 bridgehead atoms. The van der Waals surface area contributed by atoms with E-state index in [1.54, 1.807) is 4.31 Å². The summed E-state index contributed by atoms with van der Waals surface area (Å²) in [6.07, 6.45) is 7.43. The number of aryl methyl sites for hydroxylation is 1. The molecule has 1 aliphatic carbocycles. The van der Waals surface area contributed by atoms with Gasteiger partial charge in [0.15, 0.2) is 0 Å². The molecule has 5 nitrogen and oxygen atoms in total. The molecular weight excluding hydrogens is 324 g/mol. The highest BCUT2D eigenvalue weighted by atomic mass is 32.2. The molecule has 1 aromatic rings. The summed E-state index contributed by atoms with van der Waals surface area (Å²) >= 11 is 0. The number of amides is 1. The second kappa shape index (κ2) is 7.23. The molecule has 6 heteroatoms. The first-order chi connectivity index (χ1) is 11.5. The second-order valence-electron chi connectivity index (χ2n) is 6.84. The Balaban J connectivity index is 1.68. The number of sulfonamides is 1. The van der Waals surface area contributed by atoms with Crippen molar-refractivity contribution in [1.82, 2.24) is 4.31 Å². The number of benzene rings is 1. The molecule has 0 saturated heterocycles. The summed E-state index contributed by atoms with van der Waals surface area (Å²) in [4.78, 5) is 14.5. The summed E-state index contributed by atoms with van der Waals surface area (Å²) in [5.41, 5.74) is 2.19. The van der Waals surface area contributed by atoms with E-state index in [0.717, 1.165) is 50.8 Å². The van der Waals surface area contributed by atoms with Gasteiger partial charge in [0.25, 0.3) is 0 Å². The van der Waals surface area contributed by atoms with Crippen LogP contribution in [0.4, 0.5) is 5.69 Å². The molecule has 1 aliphatic heterocycles. The van der Waals surface area contributed by atoms with Crippen molar-refractivity contribution in [3.8, 4) is 0 Å². The predicted octanol–water partition coefficient (Wildman–Crippen LogP) is 2.56. The Kier molecular flexibility index (Phi) is 5.25. The topological polar surface area (TPSA) is 57.7 Å². The van der Waals surface area contributed by atoms with Crippen LogP contribution in [0.25, 0.3) is 0 Å². The van der Waals surface area contributed by atoms with Crippen LogP contribution in [-0.2, 0) is 21.2 Å². The van der Waals surface area contributed by atoms with E-state index in [1.807, 2.05) is 23.1 Å². The number of hydrogen-bond acceptors (Lipinski definition) is 3. The van der Waals surface area contributed by atoms with Crippen molar-refractivity contribution < 1.29 is 13.2 Å². The molecular formula is C18H26N2O3S. The van der Waals surface area contributed by atoms with E-state index in [9.17, 15) is 13.2 Å². The number of rotatable bonds is 5. The monoisotopic (exact) mass is 350 g/mol. The van der Waals surface area contributed by atoms with E-state index in [2.05, 4.69) is 6.07 Å². The van der Waals surface area contributed by atoms with Gasteiger partial charge in [0, 0.05) is 31.2 Å². The van der Waals surface area contributed by atoms with Gasteiger partial charge >= 0.3 is 0 Å². The largest absolute Gasteiger partial charge is 0.312 e. The Hall–Kier alpha value is -1.40. The van der Waals surface area contributed by atoms with Gasteiger partial charge in [-0.1, -0.05) is 31.0 Å². The Labute approximate surface area is 144 Å². The molecule has 1 amide bonds. The molecule has 0 N–H and O–H groups in total. The fraction of sp³-hybridized carbons (Fsp3) is 0.611. The fourth-order valence-electron chi connectivity index (χ4n) is 3.94. The molecule has 0 radical (unpaired) electrons. The molecule has 0 atom stereocenters. The summed E-state index contributed by atoms with van der Waals surface area (Å²) in [5, 5.41) is 0. The maximum absolute atomic E-state index is 12.7. The van der Waals surface area contributed by atoms with Gasteiger partial charge in [-0.3, -0.25) is 4.79 Å². The van der Waals surface area contributed by atoms with Gasteiger partial charge in [-0.05, 0) is 37.3 Å². The second-order valence-corrected chi connectivity index (χ2v) is 8.77. The number of carbonyl (C=O) groups excluding carboxylic acids is 1. The molecule has 132 valence electrons. The Morgan fingerprint density at radius 3 is 2.62 bits per heavy atom. The van der Waals surface area contributed by atoms with Gasteiger partial charge in [-0.15, -0.1) is 0 Å². The van der Waals surface area contributed by atoms with Crippen molar-refractivity contribution in [3.63, 3.8) is 0 Å². The van der Waals surface area contributed by atoms with Crippen molar-refractivity contribution in [2.75, 3.05) is 24.2 Å². The van der Waals surface area contributed by atoms with Crippen LogP contribution >= 0.6 is 0 Å². The van der Waals surface area contributed by atoms with Crippen LogP contribution in [0.3, 0.4) is 0 Å². The van der Waals surface area contributed by atoms with Crippen LogP contribution < -0.4 is 4.90 Å². The first kappa shape index (κ1) is 17.4.